The first kappa shape index (κ1) is 18.9. The van der Waals surface area contributed by atoms with Crippen molar-refractivity contribution >= 4 is 21.5 Å². The highest BCUT2D eigenvalue weighted by molar-refractivity contribution is 7.86. The molecule has 28 heavy (non-hydrogen) atoms. The number of hydrogen-bond donors (Lipinski definition) is 1. The molecule has 150 valence electrons. The molecule has 2 aromatic rings. The van der Waals surface area contributed by atoms with E-state index in [4.69, 9.17) is 4.18 Å². The molecule has 1 aromatic heterocycles. The topological polar surface area (TPSA) is 77.5 Å². The summed E-state index contributed by atoms with van der Waals surface area (Å²) in [5.41, 5.74) is 2.74. The average Bonchev–Trinajstić information content (AvgIpc) is 3.16. The molecule has 1 N–H and O–H groups in total. The molecule has 0 spiro atoms. The minimum Gasteiger partial charge on any atom is -0.406 e. The Kier molecular flexibility index (Phi) is 4.40. The number of benzene rings is 1. The minimum atomic E-state index is -4.77. The van der Waals surface area contributed by atoms with Crippen molar-refractivity contribution in [2.75, 3.05) is 11.6 Å². The van der Waals surface area contributed by atoms with Crippen molar-refractivity contribution in [3.8, 4) is 11.6 Å². The number of rotatable bonds is 5. The Morgan fingerprint density at radius 3 is 2.57 bits per heavy atom. The van der Waals surface area contributed by atoms with Crippen LogP contribution in [-0.2, 0) is 10.1 Å². The van der Waals surface area contributed by atoms with Gasteiger partial charge in [0.2, 0.25) is 5.88 Å². The van der Waals surface area contributed by atoms with E-state index in [9.17, 15) is 21.6 Å². The first-order chi connectivity index (χ1) is 13.1. The van der Waals surface area contributed by atoms with E-state index in [0.29, 0.717) is 11.4 Å². The number of fused-ring (bicyclic) bond motifs is 5. The van der Waals surface area contributed by atoms with Crippen LogP contribution < -0.4 is 14.2 Å². The van der Waals surface area contributed by atoms with Gasteiger partial charge in [-0.3, -0.25) is 0 Å². The summed E-state index contributed by atoms with van der Waals surface area (Å²) in [7, 11) is -3.72. The standard InChI is InChI=1S/C18H17F3N2O4S/c1-28(24,25)27-17-16-11-6-5-10(7-11)15(16)14(9-22-17)23-12-3-2-4-13(8-12)26-18(19,20)21/h2-4,8-11,23H,5-7H2,1H3. The van der Waals surface area contributed by atoms with Crippen LogP contribution in [0.25, 0.3) is 0 Å². The Morgan fingerprint density at radius 1 is 1.18 bits per heavy atom. The monoisotopic (exact) mass is 414 g/mol. The predicted octanol–water partition coefficient (Wildman–Crippen LogP) is 4.43. The van der Waals surface area contributed by atoms with Crippen LogP contribution in [0.3, 0.4) is 0 Å². The third-order valence-electron chi connectivity index (χ3n) is 4.95. The predicted molar refractivity (Wildman–Crippen MR) is 95.4 cm³/mol. The molecule has 2 bridgehead atoms. The van der Waals surface area contributed by atoms with E-state index in [2.05, 4.69) is 15.0 Å². The number of nitrogens with one attached hydrogen (secondary N) is 1. The highest BCUT2D eigenvalue weighted by Gasteiger charge is 2.42. The SMILES string of the molecule is CS(=O)(=O)Oc1ncc(Nc2cccc(OC(F)(F)F)c2)c2c1C1CCC2C1. The van der Waals surface area contributed by atoms with E-state index in [-0.39, 0.29) is 23.5 Å². The van der Waals surface area contributed by atoms with Gasteiger partial charge in [-0.2, -0.15) is 8.42 Å². The van der Waals surface area contributed by atoms with Crippen molar-refractivity contribution in [1.29, 1.82) is 0 Å². The molecule has 0 radical (unpaired) electrons. The second kappa shape index (κ2) is 6.54. The van der Waals surface area contributed by atoms with Crippen LogP contribution in [0.2, 0.25) is 0 Å². The second-order valence-corrected chi connectivity index (χ2v) is 8.57. The molecule has 0 saturated heterocycles. The Bertz CT molecular complexity index is 1020. The molecule has 2 atom stereocenters. The van der Waals surface area contributed by atoms with Gasteiger partial charge in [-0.25, -0.2) is 4.98 Å². The van der Waals surface area contributed by atoms with Gasteiger partial charge in [0.1, 0.15) is 5.75 Å². The number of hydrogen-bond acceptors (Lipinski definition) is 6. The molecule has 0 aliphatic heterocycles. The zero-order valence-electron chi connectivity index (χ0n) is 14.8. The summed E-state index contributed by atoms with van der Waals surface area (Å²) in [6, 6.07) is 5.52. The zero-order chi connectivity index (χ0) is 20.1. The molecule has 6 nitrogen and oxygen atoms in total. The number of ether oxygens (including phenoxy) is 1. The molecule has 1 heterocycles. The normalized spacial score (nSPS) is 20.7. The number of anilines is 2. The summed E-state index contributed by atoms with van der Waals surface area (Å²) in [6.07, 6.45) is 0.423. The fourth-order valence-corrected chi connectivity index (χ4v) is 4.52. The number of alkyl halides is 3. The highest BCUT2D eigenvalue weighted by Crippen LogP contribution is 2.57. The van der Waals surface area contributed by atoms with Crippen molar-refractivity contribution in [2.45, 2.75) is 37.5 Å². The molecular weight excluding hydrogens is 397 g/mol. The van der Waals surface area contributed by atoms with E-state index in [0.717, 1.165) is 36.6 Å². The Labute approximate surface area is 159 Å². The van der Waals surface area contributed by atoms with Gasteiger partial charge in [-0.05, 0) is 48.8 Å². The number of nitrogens with zero attached hydrogens (tertiary/aromatic N) is 1. The smallest absolute Gasteiger partial charge is 0.406 e. The van der Waals surface area contributed by atoms with Crippen LogP contribution in [-0.4, -0.2) is 26.0 Å². The van der Waals surface area contributed by atoms with E-state index in [1.165, 1.54) is 24.4 Å². The molecule has 10 heteroatoms. The van der Waals surface area contributed by atoms with Gasteiger partial charge >= 0.3 is 16.5 Å². The maximum absolute atomic E-state index is 12.4. The van der Waals surface area contributed by atoms with Gasteiger partial charge in [0.05, 0.1) is 18.1 Å². The van der Waals surface area contributed by atoms with Gasteiger partial charge in [-0.1, -0.05) is 6.07 Å². The van der Waals surface area contributed by atoms with Crippen molar-refractivity contribution in [2.24, 2.45) is 0 Å². The summed E-state index contributed by atoms with van der Waals surface area (Å²) in [6.45, 7) is 0. The maximum Gasteiger partial charge on any atom is 0.573 e. The molecule has 2 aliphatic carbocycles. The summed E-state index contributed by atoms with van der Waals surface area (Å²) < 4.78 is 69.5. The molecule has 1 fully saturated rings. The van der Waals surface area contributed by atoms with Crippen LogP contribution in [0, 0.1) is 0 Å². The van der Waals surface area contributed by atoms with E-state index in [1.807, 2.05) is 0 Å². The lowest BCUT2D eigenvalue weighted by molar-refractivity contribution is -0.274. The lowest BCUT2D eigenvalue weighted by atomic mass is 9.91. The van der Waals surface area contributed by atoms with Crippen LogP contribution in [0.1, 0.15) is 42.2 Å². The fourth-order valence-electron chi connectivity index (χ4n) is 4.10. The van der Waals surface area contributed by atoms with Gasteiger partial charge in [-0.15, -0.1) is 13.2 Å². The Balaban J connectivity index is 1.68. The molecule has 1 saturated carbocycles. The number of pyridine rings is 1. The lowest BCUT2D eigenvalue weighted by Gasteiger charge is -2.21. The first-order valence-corrected chi connectivity index (χ1v) is 10.5. The molecule has 0 amide bonds. The highest BCUT2D eigenvalue weighted by atomic mass is 32.2. The van der Waals surface area contributed by atoms with Crippen molar-refractivity contribution in [3.63, 3.8) is 0 Å². The van der Waals surface area contributed by atoms with Crippen LogP contribution in [0.15, 0.2) is 30.5 Å². The maximum atomic E-state index is 12.4. The number of aromatic nitrogens is 1. The zero-order valence-corrected chi connectivity index (χ0v) is 15.6. The van der Waals surface area contributed by atoms with E-state index in [1.54, 1.807) is 6.07 Å². The average molecular weight is 414 g/mol. The fraction of sp³-hybridized carbons (Fsp3) is 0.389. The third kappa shape index (κ3) is 3.87. The summed E-state index contributed by atoms with van der Waals surface area (Å²) in [5, 5.41) is 3.09. The molecule has 1 aromatic carbocycles. The largest absolute Gasteiger partial charge is 0.573 e. The van der Waals surface area contributed by atoms with Gasteiger partial charge < -0.3 is 14.2 Å². The van der Waals surface area contributed by atoms with Crippen LogP contribution in [0.4, 0.5) is 24.5 Å². The quantitative estimate of drug-likeness (QED) is 0.730. The van der Waals surface area contributed by atoms with Crippen molar-refractivity contribution in [3.05, 3.63) is 41.6 Å². The van der Waals surface area contributed by atoms with Crippen LogP contribution >= 0.6 is 0 Å². The van der Waals surface area contributed by atoms with E-state index >= 15 is 0 Å². The Morgan fingerprint density at radius 2 is 1.89 bits per heavy atom. The summed E-state index contributed by atoms with van der Waals surface area (Å²) in [4.78, 5) is 4.16. The van der Waals surface area contributed by atoms with Gasteiger partial charge in [0.25, 0.3) is 0 Å². The molecule has 2 unspecified atom stereocenters. The number of halogens is 3. The van der Waals surface area contributed by atoms with E-state index < -0.39 is 16.5 Å². The van der Waals surface area contributed by atoms with Crippen molar-refractivity contribution in [1.82, 2.24) is 4.98 Å². The van der Waals surface area contributed by atoms with Crippen LogP contribution in [0.5, 0.6) is 11.6 Å². The first-order valence-electron chi connectivity index (χ1n) is 8.64. The second-order valence-electron chi connectivity index (χ2n) is 7.00. The minimum absolute atomic E-state index is 0.0874. The Hall–Kier alpha value is -2.49. The summed E-state index contributed by atoms with van der Waals surface area (Å²) >= 11 is 0. The molecular formula is C18H17F3N2O4S. The van der Waals surface area contributed by atoms with Gasteiger partial charge in [0.15, 0.2) is 0 Å². The summed E-state index contributed by atoms with van der Waals surface area (Å²) in [5.74, 6) is 0.165. The third-order valence-corrected chi connectivity index (χ3v) is 5.41. The lowest BCUT2D eigenvalue weighted by Crippen LogP contribution is -2.17. The molecule has 4 rings (SSSR count). The van der Waals surface area contributed by atoms with Gasteiger partial charge in [0, 0.05) is 17.3 Å². The van der Waals surface area contributed by atoms with Crippen molar-refractivity contribution < 1.29 is 30.5 Å². The molecule has 2 aliphatic rings.